The summed E-state index contributed by atoms with van der Waals surface area (Å²) in [5.74, 6) is -0.516. The van der Waals surface area contributed by atoms with Gasteiger partial charge in [-0.05, 0) is 98.4 Å². The van der Waals surface area contributed by atoms with Crippen molar-refractivity contribution < 1.29 is 52.7 Å². The van der Waals surface area contributed by atoms with E-state index >= 15 is 0 Å². The molecule has 2 N–H and O–H groups in total. The highest BCUT2D eigenvalue weighted by Gasteiger charge is 2.65. The third-order valence-corrected chi connectivity index (χ3v) is 12.8. The molecule has 326 valence electrons. The molecule has 8 rings (SSSR count). The van der Waals surface area contributed by atoms with Crippen molar-refractivity contribution in [1.82, 2.24) is 4.90 Å². The second-order valence-electron chi connectivity index (χ2n) is 16.5. The molecule has 0 radical (unpaired) electrons. The van der Waals surface area contributed by atoms with Gasteiger partial charge >= 0.3 is 0 Å². The first kappa shape index (κ1) is 42.7. The Morgan fingerprint density at radius 3 is 2.59 bits per heavy atom. The molecule has 3 aliphatic heterocycles. The van der Waals surface area contributed by atoms with Crippen molar-refractivity contribution >= 4 is 11.6 Å². The maximum absolute atomic E-state index is 14.7. The fourth-order valence-corrected chi connectivity index (χ4v) is 9.89. The van der Waals surface area contributed by atoms with Gasteiger partial charge < -0.3 is 48.4 Å². The van der Waals surface area contributed by atoms with Crippen LogP contribution in [0.5, 0.6) is 23.0 Å². The first-order chi connectivity index (χ1) is 29.8. The third-order valence-electron chi connectivity index (χ3n) is 12.8. The number of carbonyl (C=O) groups excluding carboxylic acids is 1. The van der Waals surface area contributed by atoms with Crippen molar-refractivity contribution in [1.29, 1.82) is 0 Å². The van der Waals surface area contributed by atoms with E-state index in [1.807, 2.05) is 18.2 Å². The monoisotopic (exact) mass is 840 g/mol. The number of rotatable bonds is 18. The molecule has 13 heteroatoms. The summed E-state index contributed by atoms with van der Waals surface area (Å²) in [6.07, 6.45) is 10.8. The third kappa shape index (κ3) is 8.88. The Bertz CT molecular complexity index is 2090. The van der Waals surface area contributed by atoms with E-state index in [1.54, 1.807) is 54.4 Å². The normalized spacial score (nSPS) is 26.7. The first-order valence-electron chi connectivity index (χ1n) is 21.7. The van der Waals surface area contributed by atoms with Gasteiger partial charge in [0.05, 0.1) is 24.8 Å². The van der Waals surface area contributed by atoms with Crippen LogP contribution in [0.3, 0.4) is 0 Å². The van der Waals surface area contributed by atoms with Gasteiger partial charge in [-0.3, -0.25) is 4.79 Å². The smallest absolute Gasteiger partial charge is 0.254 e. The number of halogens is 1. The van der Waals surface area contributed by atoms with Crippen LogP contribution >= 0.6 is 0 Å². The van der Waals surface area contributed by atoms with Crippen molar-refractivity contribution in [2.45, 2.75) is 94.9 Å². The molecule has 2 fully saturated rings. The fourth-order valence-electron chi connectivity index (χ4n) is 9.89. The van der Waals surface area contributed by atoms with E-state index in [2.05, 4.69) is 12.7 Å². The fraction of sp³-hybridized carbons (Fsp3) is 0.500. The number of benzene rings is 3. The van der Waals surface area contributed by atoms with Crippen molar-refractivity contribution in [3.63, 3.8) is 0 Å². The number of aliphatic hydroxyl groups excluding tert-OH is 2. The zero-order valence-corrected chi connectivity index (χ0v) is 34.8. The van der Waals surface area contributed by atoms with Crippen LogP contribution in [0.25, 0.3) is 0 Å². The Kier molecular flexibility index (Phi) is 13.6. The number of unbranched alkanes of at least 4 members (excludes halogenated alkanes) is 2. The molecule has 3 aromatic rings. The minimum absolute atomic E-state index is 0.0210. The van der Waals surface area contributed by atoms with Gasteiger partial charge in [0.25, 0.3) is 5.91 Å². The summed E-state index contributed by atoms with van der Waals surface area (Å²) in [6.45, 7) is 5.01. The van der Waals surface area contributed by atoms with Crippen LogP contribution in [-0.2, 0) is 20.9 Å². The van der Waals surface area contributed by atoms with Crippen LogP contribution in [0.2, 0.25) is 0 Å². The molecule has 61 heavy (non-hydrogen) atoms. The lowest BCUT2D eigenvalue weighted by molar-refractivity contribution is -0.252. The average Bonchev–Trinajstić information content (AvgIpc) is 3.77. The summed E-state index contributed by atoms with van der Waals surface area (Å²) in [7, 11) is 1.76. The predicted octanol–water partition coefficient (Wildman–Crippen LogP) is 8.07. The highest BCUT2D eigenvalue weighted by Crippen LogP contribution is 2.62. The number of nitrogens with zero attached hydrogens (tertiary/aromatic N) is 2. The molecule has 5 aliphatic rings. The van der Waals surface area contributed by atoms with Gasteiger partial charge in [-0.1, -0.05) is 48.3 Å². The molecule has 2 aliphatic carbocycles. The second-order valence-corrected chi connectivity index (χ2v) is 16.5. The standard InChI is InChI=1S/C48H57FN2O10/c1-3-23-59-48-43(51(2)47(54)32-17-19-41-42(26-32)58-30-57-41)28-39(50-61-44-16-8-11-24-55-44)36-25-31(12-6-9-21-52)35(14-7-10-22-53)45(46(36)48)37-27-34(18-20-40(37)60-48)56-29-33-13-4-5-15-38(33)49/h3-5,13,15,17-20,25-27,31,35,43-46,52-53H,1,6-12,14,16,21-24,28-30H2,2H3. The van der Waals surface area contributed by atoms with Crippen LogP contribution in [0, 0.1) is 23.6 Å². The zero-order chi connectivity index (χ0) is 42.3. The van der Waals surface area contributed by atoms with Crippen molar-refractivity contribution in [2.75, 3.05) is 40.3 Å². The second kappa shape index (κ2) is 19.4. The minimum atomic E-state index is -1.43. The van der Waals surface area contributed by atoms with Crippen molar-refractivity contribution in [2.24, 2.45) is 22.9 Å². The highest BCUT2D eigenvalue weighted by molar-refractivity contribution is 6.03. The molecular weight excluding hydrogens is 784 g/mol. The van der Waals surface area contributed by atoms with E-state index in [1.165, 1.54) is 6.07 Å². The number of hydrogen-bond donors (Lipinski definition) is 2. The molecule has 0 aromatic heterocycles. The number of fused-ring (bicyclic) bond motifs is 3. The van der Waals surface area contributed by atoms with Crippen LogP contribution < -0.4 is 18.9 Å². The van der Waals surface area contributed by atoms with Gasteiger partial charge in [0, 0.05) is 55.7 Å². The van der Waals surface area contributed by atoms with E-state index in [4.69, 9.17) is 38.4 Å². The van der Waals surface area contributed by atoms with Crippen LogP contribution in [-0.4, -0.2) is 85.1 Å². The Labute approximate surface area is 356 Å². The van der Waals surface area contributed by atoms with Crippen molar-refractivity contribution in [3.8, 4) is 23.0 Å². The number of allylic oxidation sites excluding steroid dienone is 1. The highest BCUT2D eigenvalue weighted by atomic mass is 19.1. The number of hydrogen-bond acceptors (Lipinski definition) is 11. The van der Waals surface area contributed by atoms with Crippen LogP contribution in [0.1, 0.15) is 91.6 Å². The Balaban J connectivity index is 1.28. The van der Waals surface area contributed by atoms with Gasteiger partial charge in [-0.15, -0.1) is 6.58 Å². The van der Waals surface area contributed by atoms with Gasteiger partial charge in [0.2, 0.25) is 18.9 Å². The Hall–Kier alpha value is -4.95. The molecule has 3 aromatic carbocycles. The maximum Gasteiger partial charge on any atom is 0.254 e. The number of carbonyl (C=O) groups is 1. The van der Waals surface area contributed by atoms with E-state index in [9.17, 15) is 19.4 Å². The summed E-state index contributed by atoms with van der Waals surface area (Å²) in [5.41, 5.74) is 3.35. The molecule has 1 saturated heterocycles. The SMILES string of the molecule is C=CCOC12Oc3ccc(OCc4ccccc4F)cc3C3C(CCCCO)C(CCCCO)C=C(C(=NOC4CCCCO4)CC1N(C)C(=O)c1ccc4c(c1)OCO4)C32. The molecular formula is C48H57FN2O10. The lowest BCUT2D eigenvalue weighted by Crippen LogP contribution is -2.69. The van der Waals surface area contributed by atoms with Crippen molar-refractivity contribution in [3.05, 3.63) is 107 Å². The van der Waals surface area contributed by atoms with Gasteiger partial charge in [-0.2, -0.15) is 0 Å². The zero-order valence-electron chi connectivity index (χ0n) is 34.8. The first-order valence-corrected chi connectivity index (χ1v) is 21.7. The summed E-state index contributed by atoms with van der Waals surface area (Å²) < 4.78 is 52.5. The molecule has 12 nitrogen and oxygen atoms in total. The van der Waals surface area contributed by atoms with E-state index in [0.29, 0.717) is 65.7 Å². The summed E-state index contributed by atoms with van der Waals surface area (Å²) in [5, 5.41) is 24.7. The Morgan fingerprint density at radius 1 is 1.00 bits per heavy atom. The number of ether oxygens (including phenoxy) is 6. The quantitative estimate of drug-likeness (QED) is 0.0735. The number of amides is 1. The lowest BCUT2D eigenvalue weighted by Gasteiger charge is -2.59. The number of oxime groups is 1. The summed E-state index contributed by atoms with van der Waals surface area (Å²) in [6, 6.07) is 16.7. The molecule has 1 saturated carbocycles. The molecule has 1 amide bonds. The predicted molar refractivity (Wildman–Crippen MR) is 225 cm³/mol. The lowest BCUT2D eigenvalue weighted by atomic mass is 9.55. The summed E-state index contributed by atoms with van der Waals surface area (Å²) in [4.78, 5) is 22.7. The van der Waals surface area contributed by atoms with Gasteiger partial charge in [0.1, 0.15) is 30.0 Å². The topological polar surface area (TPSA) is 138 Å². The molecule has 0 bridgehead atoms. The summed E-state index contributed by atoms with van der Waals surface area (Å²) >= 11 is 0. The number of likely N-dealkylation sites (N-methyl/N-ethyl adjacent to an activating group) is 1. The van der Waals surface area contributed by atoms with Gasteiger partial charge in [-0.25, -0.2) is 4.39 Å². The van der Waals surface area contributed by atoms with Crippen LogP contribution in [0.4, 0.5) is 4.39 Å². The molecule has 3 heterocycles. The van der Waals surface area contributed by atoms with Crippen LogP contribution in [0.15, 0.2) is 90.1 Å². The van der Waals surface area contributed by atoms with E-state index < -0.39 is 24.0 Å². The maximum atomic E-state index is 14.7. The Morgan fingerprint density at radius 2 is 1.80 bits per heavy atom. The number of aliphatic hydroxyl groups is 2. The average molecular weight is 841 g/mol. The molecule has 7 unspecified atom stereocenters. The van der Waals surface area contributed by atoms with Gasteiger partial charge in [0.15, 0.2) is 11.5 Å². The molecule has 7 atom stereocenters. The minimum Gasteiger partial charge on any atom is -0.489 e. The van der Waals surface area contributed by atoms with E-state index in [0.717, 1.165) is 49.7 Å². The largest absolute Gasteiger partial charge is 0.489 e. The molecule has 0 spiro atoms. The van der Waals surface area contributed by atoms with E-state index in [-0.39, 0.29) is 69.1 Å².